The molecule has 0 aliphatic heterocycles. The average Bonchev–Trinajstić information content (AvgIpc) is 2.47. The van der Waals surface area contributed by atoms with Gasteiger partial charge in [-0.05, 0) is 33.7 Å². The molecule has 6 nitrogen and oxygen atoms in total. The van der Waals surface area contributed by atoms with Gasteiger partial charge in [-0.25, -0.2) is 0 Å². The zero-order valence-corrected chi connectivity index (χ0v) is 12.1. The van der Waals surface area contributed by atoms with Crippen LogP contribution in [0.4, 0.5) is 0 Å². The number of rotatable bonds is 0. The minimum Gasteiger partial charge on any atom is -0.483 e. The summed E-state index contributed by atoms with van der Waals surface area (Å²) < 4.78 is 0. The lowest BCUT2D eigenvalue weighted by atomic mass is 10.0. The molecule has 0 spiro atoms. The molecule has 0 bridgehead atoms. The second-order valence-electron chi connectivity index (χ2n) is 3.76. The summed E-state index contributed by atoms with van der Waals surface area (Å²) in [5, 5.41) is 19.0. The lowest BCUT2D eigenvalue weighted by molar-refractivity contribution is -0.123. The van der Waals surface area contributed by atoms with E-state index >= 15 is 0 Å². The normalized spacial score (nSPS) is 8.00. The first-order valence-corrected chi connectivity index (χ1v) is 5.80. The molecule has 118 valence electrons. The molecule has 6 heteroatoms. The molecule has 0 atom stereocenters. The standard InChI is InChI=1S/C14H10.2CH2O2.2H3N/c1-2-6-12-10-14-8-4-3-7-13(14)9-11(12)5-1;2*2-1-3;;/h1-10H;2*1H,(H,2,3);2*1H3. The topological polar surface area (TPSA) is 145 Å². The molecule has 0 unspecified atom stereocenters. The number of fused-ring (bicyclic) bond motifs is 2. The van der Waals surface area contributed by atoms with E-state index in [4.69, 9.17) is 19.8 Å². The van der Waals surface area contributed by atoms with E-state index in [2.05, 4.69) is 60.7 Å². The fourth-order valence-electron chi connectivity index (χ4n) is 1.88. The van der Waals surface area contributed by atoms with Gasteiger partial charge in [-0.1, -0.05) is 48.5 Å². The Labute approximate surface area is 128 Å². The molecule has 3 aromatic rings. The molecule has 0 saturated heterocycles. The maximum atomic E-state index is 8.36. The largest absolute Gasteiger partial charge is 0.483 e. The SMILES string of the molecule is N.N.O=CO.O=CO.c1ccc2cc3ccccc3cc2c1. The van der Waals surface area contributed by atoms with Gasteiger partial charge in [0.2, 0.25) is 0 Å². The van der Waals surface area contributed by atoms with Gasteiger partial charge in [-0.15, -0.1) is 0 Å². The summed E-state index contributed by atoms with van der Waals surface area (Å²) in [6, 6.07) is 21.4. The van der Waals surface area contributed by atoms with Crippen LogP contribution >= 0.6 is 0 Å². The maximum Gasteiger partial charge on any atom is 0.290 e. The minimum atomic E-state index is -0.250. The number of hydrogen-bond donors (Lipinski definition) is 4. The fraction of sp³-hybridized carbons (Fsp3) is 0. The summed E-state index contributed by atoms with van der Waals surface area (Å²) in [7, 11) is 0. The Hall–Kier alpha value is -2.96. The molecule has 0 fully saturated rings. The molecule has 3 rings (SSSR count). The van der Waals surface area contributed by atoms with Crippen molar-refractivity contribution in [3.8, 4) is 0 Å². The zero-order chi connectivity index (χ0) is 14.8. The van der Waals surface area contributed by atoms with Crippen LogP contribution in [0.5, 0.6) is 0 Å². The van der Waals surface area contributed by atoms with Gasteiger partial charge in [0.05, 0.1) is 0 Å². The first-order chi connectivity index (χ1) is 9.76. The molecule has 0 aliphatic rings. The average molecular weight is 304 g/mol. The van der Waals surface area contributed by atoms with E-state index in [-0.39, 0.29) is 25.2 Å². The van der Waals surface area contributed by atoms with Crippen LogP contribution in [0, 0.1) is 0 Å². The molecule has 0 amide bonds. The van der Waals surface area contributed by atoms with Crippen LogP contribution in [-0.4, -0.2) is 23.2 Å². The Morgan fingerprint density at radius 3 is 0.955 bits per heavy atom. The smallest absolute Gasteiger partial charge is 0.290 e. The van der Waals surface area contributed by atoms with Crippen molar-refractivity contribution in [3.05, 3.63) is 60.7 Å². The van der Waals surface area contributed by atoms with Gasteiger partial charge in [0, 0.05) is 0 Å². The molecule has 22 heavy (non-hydrogen) atoms. The Bertz CT molecular complexity index is 591. The van der Waals surface area contributed by atoms with E-state index in [9.17, 15) is 0 Å². The Kier molecular flexibility index (Phi) is 11.5. The third kappa shape index (κ3) is 6.00. The van der Waals surface area contributed by atoms with Crippen molar-refractivity contribution in [1.82, 2.24) is 12.3 Å². The summed E-state index contributed by atoms with van der Waals surface area (Å²) in [5.41, 5.74) is 0. The van der Waals surface area contributed by atoms with Gasteiger partial charge >= 0.3 is 0 Å². The molecular formula is C16H20N2O4. The van der Waals surface area contributed by atoms with Crippen LogP contribution in [0.3, 0.4) is 0 Å². The van der Waals surface area contributed by atoms with E-state index in [0.717, 1.165) is 0 Å². The van der Waals surface area contributed by atoms with Crippen molar-refractivity contribution >= 4 is 34.5 Å². The second kappa shape index (κ2) is 11.8. The molecule has 3 aromatic carbocycles. The summed E-state index contributed by atoms with van der Waals surface area (Å²) >= 11 is 0. The van der Waals surface area contributed by atoms with Crippen LogP contribution in [0.25, 0.3) is 21.5 Å². The van der Waals surface area contributed by atoms with Crippen LogP contribution in [-0.2, 0) is 9.59 Å². The first-order valence-electron chi connectivity index (χ1n) is 5.80. The van der Waals surface area contributed by atoms with Crippen molar-refractivity contribution in [2.24, 2.45) is 0 Å². The highest BCUT2D eigenvalue weighted by atomic mass is 16.3. The second-order valence-corrected chi connectivity index (χ2v) is 3.76. The molecule has 0 radical (unpaired) electrons. The monoisotopic (exact) mass is 304 g/mol. The van der Waals surface area contributed by atoms with Crippen molar-refractivity contribution in [3.63, 3.8) is 0 Å². The van der Waals surface area contributed by atoms with Crippen molar-refractivity contribution < 1.29 is 19.8 Å². The highest BCUT2D eigenvalue weighted by Crippen LogP contribution is 2.21. The van der Waals surface area contributed by atoms with E-state index in [1.165, 1.54) is 21.5 Å². The van der Waals surface area contributed by atoms with Crippen molar-refractivity contribution in [1.29, 1.82) is 0 Å². The van der Waals surface area contributed by atoms with Gasteiger partial charge in [-0.2, -0.15) is 0 Å². The third-order valence-corrected chi connectivity index (χ3v) is 2.61. The quantitative estimate of drug-likeness (QED) is 0.368. The highest BCUT2D eigenvalue weighted by molar-refractivity contribution is 5.98. The molecule has 8 N–H and O–H groups in total. The van der Waals surface area contributed by atoms with Gasteiger partial charge in [0.1, 0.15) is 0 Å². The molecule has 0 aliphatic carbocycles. The summed E-state index contributed by atoms with van der Waals surface area (Å²) in [5.74, 6) is 0. The number of hydrogen-bond acceptors (Lipinski definition) is 4. The third-order valence-electron chi connectivity index (χ3n) is 2.61. The van der Waals surface area contributed by atoms with Crippen LogP contribution in [0.1, 0.15) is 0 Å². The molecule has 0 saturated carbocycles. The van der Waals surface area contributed by atoms with Crippen LogP contribution in [0.15, 0.2) is 60.7 Å². The van der Waals surface area contributed by atoms with E-state index in [0.29, 0.717) is 0 Å². The molecule has 0 aromatic heterocycles. The number of carboxylic acid groups (broad SMARTS) is 2. The lowest BCUT2D eigenvalue weighted by Gasteiger charge is -2.00. The zero-order valence-electron chi connectivity index (χ0n) is 12.1. The predicted molar refractivity (Wildman–Crippen MR) is 88.9 cm³/mol. The van der Waals surface area contributed by atoms with E-state index < -0.39 is 0 Å². The van der Waals surface area contributed by atoms with Crippen LogP contribution < -0.4 is 12.3 Å². The van der Waals surface area contributed by atoms with Gasteiger partial charge < -0.3 is 22.5 Å². The lowest BCUT2D eigenvalue weighted by Crippen LogP contribution is -1.74. The summed E-state index contributed by atoms with van der Waals surface area (Å²) in [6.45, 7) is -0.500. The van der Waals surface area contributed by atoms with Crippen molar-refractivity contribution in [2.45, 2.75) is 0 Å². The highest BCUT2D eigenvalue weighted by Gasteiger charge is 1.95. The van der Waals surface area contributed by atoms with Crippen molar-refractivity contribution in [2.75, 3.05) is 0 Å². The number of benzene rings is 3. The van der Waals surface area contributed by atoms with E-state index in [1.807, 2.05) is 0 Å². The predicted octanol–water partition coefficient (Wildman–Crippen LogP) is 3.72. The Morgan fingerprint density at radius 2 is 0.773 bits per heavy atom. The minimum absolute atomic E-state index is 0. The van der Waals surface area contributed by atoms with Gasteiger partial charge in [0.25, 0.3) is 12.9 Å². The van der Waals surface area contributed by atoms with Crippen LogP contribution in [0.2, 0.25) is 0 Å². The molecule has 0 heterocycles. The van der Waals surface area contributed by atoms with E-state index in [1.54, 1.807) is 0 Å². The maximum absolute atomic E-state index is 8.36. The fourth-order valence-corrected chi connectivity index (χ4v) is 1.88. The Balaban J connectivity index is 0. The first kappa shape index (κ1) is 21.3. The summed E-state index contributed by atoms with van der Waals surface area (Å²) in [6.07, 6.45) is 0. The van der Waals surface area contributed by atoms with Gasteiger partial charge in [-0.3, -0.25) is 9.59 Å². The Morgan fingerprint density at radius 1 is 0.591 bits per heavy atom. The number of carbonyl (C=O) groups is 2. The summed E-state index contributed by atoms with van der Waals surface area (Å²) in [4.78, 5) is 16.7. The van der Waals surface area contributed by atoms with Gasteiger partial charge in [0.15, 0.2) is 0 Å². The molecular weight excluding hydrogens is 284 g/mol.